The molecule has 0 aliphatic carbocycles. The highest BCUT2D eigenvalue weighted by atomic mass is 127. The molecule has 0 bridgehead atoms. The van der Waals surface area contributed by atoms with Gasteiger partial charge in [0.15, 0.2) is 0 Å². The van der Waals surface area contributed by atoms with Crippen molar-refractivity contribution in [3.05, 3.63) is 167 Å². The van der Waals surface area contributed by atoms with Gasteiger partial charge in [0, 0.05) is 86.7 Å². The first kappa shape index (κ1) is 51.3. The van der Waals surface area contributed by atoms with E-state index in [0.29, 0.717) is 42.1 Å². The third-order valence-electron chi connectivity index (χ3n) is 13.5. The number of fused-ring (bicyclic) bond motifs is 2. The maximum absolute atomic E-state index is 13.5. The van der Waals surface area contributed by atoms with Crippen LogP contribution in [0.1, 0.15) is 133 Å². The van der Waals surface area contributed by atoms with E-state index in [1.807, 2.05) is 36.7 Å². The zero-order valence-corrected chi connectivity index (χ0v) is 44.2. The van der Waals surface area contributed by atoms with Crippen molar-refractivity contribution in [3.8, 4) is 57.8 Å². The van der Waals surface area contributed by atoms with Gasteiger partial charge in [0.05, 0.1) is 24.6 Å². The molecule has 0 saturated carbocycles. The average molecular weight is 1080 g/mol. The van der Waals surface area contributed by atoms with Gasteiger partial charge in [0.2, 0.25) is 0 Å². The molecule has 4 aromatic carbocycles. The molecule has 0 saturated heterocycles. The Bertz CT molecular complexity index is 3250. The number of terminal acetylenes is 1. The summed E-state index contributed by atoms with van der Waals surface area (Å²) >= 11 is 2.37. The minimum Gasteiger partial charge on any atom is -0.457 e. The number of nitrogens with zero attached hydrogens (tertiary/aromatic N) is 3. The SMILES string of the molecule is C#Cc1cc(C#Cc2cc(COCCCCCC)cc(-c3ccc(-c4ccc(-c5cc(I)cc(COCCCCCC)c5)cn4)nc3)c2)cc(COC(=O)c2cc3cc4c5c(c3oc2=O)CCCN5CCC4)c1. The summed E-state index contributed by atoms with van der Waals surface area (Å²) in [6, 6.07) is 30.1. The molecular weight excluding hydrogens is 1020 g/mol. The number of hydrogen-bond donors (Lipinski definition) is 0. The quantitative estimate of drug-likeness (QED) is 0.0243. The Kier molecular flexibility index (Phi) is 17.5. The van der Waals surface area contributed by atoms with Gasteiger partial charge in [0.1, 0.15) is 17.8 Å². The number of ether oxygens (including phenoxy) is 3. The van der Waals surface area contributed by atoms with Crippen LogP contribution >= 0.6 is 22.6 Å². The highest BCUT2D eigenvalue weighted by Gasteiger charge is 2.28. The van der Waals surface area contributed by atoms with Gasteiger partial charge in [-0.25, -0.2) is 9.59 Å². The molecule has 9 nitrogen and oxygen atoms in total. The number of esters is 1. The summed E-state index contributed by atoms with van der Waals surface area (Å²) in [6.45, 7) is 8.85. The Balaban J connectivity index is 0.906. The third-order valence-corrected chi connectivity index (χ3v) is 14.2. The zero-order chi connectivity index (χ0) is 50.5. The van der Waals surface area contributed by atoms with E-state index in [0.717, 1.165) is 129 Å². The number of unbranched alkanes of at least 4 members (excludes halogenated alkanes) is 6. The lowest BCUT2D eigenvalue weighted by molar-refractivity contribution is 0.0468. The second-order valence-electron chi connectivity index (χ2n) is 19.2. The van der Waals surface area contributed by atoms with Crippen LogP contribution in [-0.4, -0.2) is 42.2 Å². The molecule has 0 amide bonds. The van der Waals surface area contributed by atoms with E-state index in [1.165, 1.54) is 43.4 Å². The number of aromatic nitrogens is 2. The molecular formula is C63H62IN3O6. The molecule has 73 heavy (non-hydrogen) atoms. The zero-order valence-electron chi connectivity index (χ0n) is 42.0. The number of rotatable bonds is 20. The largest absolute Gasteiger partial charge is 0.457 e. The van der Waals surface area contributed by atoms with Crippen molar-refractivity contribution in [2.75, 3.05) is 31.2 Å². The molecule has 10 heteroatoms. The molecule has 0 radical (unpaired) electrons. The van der Waals surface area contributed by atoms with Crippen LogP contribution in [0.4, 0.5) is 5.69 Å². The molecule has 2 aliphatic heterocycles. The predicted octanol–water partition coefficient (Wildman–Crippen LogP) is 13.8. The summed E-state index contributed by atoms with van der Waals surface area (Å²) in [6.07, 6.45) is 22.9. The summed E-state index contributed by atoms with van der Waals surface area (Å²) < 4.78 is 24.9. The van der Waals surface area contributed by atoms with Gasteiger partial charge in [-0.1, -0.05) is 82.3 Å². The van der Waals surface area contributed by atoms with Crippen molar-refractivity contribution in [2.24, 2.45) is 0 Å². The first-order chi connectivity index (χ1) is 35.7. The van der Waals surface area contributed by atoms with Gasteiger partial charge in [-0.15, -0.1) is 6.42 Å². The molecule has 2 aliphatic rings. The van der Waals surface area contributed by atoms with Crippen LogP contribution in [0.25, 0.3) is 44.6 Å². The summed E-state index contributed by atoms with van der Waals surface area (Å²) in [7, 11) is 0. The van der Waals surface area contributed by atoms with E-state index in [9.17, 15) is 9.59 Å². The normalized spacial score (nSPS) is 12.8. The maximum atomic E-state index is 13.5. The first-order valence-corrected chi connectivity index (χ1v) is 27.0. The monoisotopic (exact) mass is 1080 g/mol. The second-order valence-corrected chi connectivity index (χ2v) is 20.4. The van der Waals surface area contributed by atoms with Crippen LogP contribution in [0.15, 0.2) is 113 Å². The summed E-state index contributed by atoms with van der Waals surface area (Å²) in [5.74, 6) is 8.64. The van der Waals surface area contributed by atoms with Crippen molar-refractivity contribution in [3.63, 3.8) is 0 Å². The van der Waals surface area contributed by atoms with Crippen LogP contribution < -0.4 is 10.5 Å². The minimum absolute atomic E-state index is 0.106. The maximum Gasteiger partial charge on any atom is 0.351 e. The van der Waals surface area contributed by atoms with Gasteiger partial charge < -0.3 is 23.5 Å². The number of benzene rings is 4. The van der Waals surface area contributed by atoms with Crippen molar-refractivity contribution in [2.45, 2.75) is 111 Å². The number of pyridine rings is 2. The lowest BCUT2D eigenvalue weighted by Gasteiger charge is -2.37. The molecule has 3 aromatic heterocycles. The van der Waals surface area contributed by atoms with Crippen LogP contribution in [0.5, 0.6) is 0 Å². The van der Waals surface area contributed by atoms with Gasteiger partial charge in [-0.3, -0.25) is 9.97 Å². The predicted molar refractivity (Wildman–Crippen MR) is 299 cm³/mol. The highest BCUT2D eigenvalue weighted by molar-refractivity contribution is 14.1. The standard InChI is InChI=1S/C63H62IN3O6/c1-4-7-9-11-25-70-40-47-30-45(31-52(32-47)50-19-21-58(65-38-50)59-22-20-51(39-66-59)53-33-48(34-55(64)36-53)41-71-26-12-10-8-5-2)18-17-44-27-43(6-3)28-46(29-44)42-72-62(68)57-37-54-35-49-15-13-23-67-24-14-16-56(60(49)67)61(54)73-63(57)69/h3,19-22,27-39H,4-5,7-16,23-26,40-42H2,1-2H3. The lowest BCUT2D eigenvalue weighted by atomic mass is 9.90. The third kappa shape index (κ3) is 13.2. The van der Waals surface area contributed by atoms with Gasteiger partial charge in [-0.2, -0.15) is 0 Å². The van der Waals surface area contributed by atoms with Crippen LogP contribution in [-0.2, 0) is 46.9 Å². The Labute approximate surface area is 443 Å². The van der Waals surface area contributed by atoms with Crippen LogP contribution in [0.2, 0.25) is 0 Å². The van der Waals surface area contributed by atoms with Crippen molar-refractivity contribution < 1.29 is 23.4 Å². The number of hydrogen-bond acceptors (Lipinski definition) is 9. The number of aryl methyl sites for hydroxylation is 2. The number of carbonyl (C=O) groups excluding carboxylic acids is 1. The van der Waals surface area contributed by atoms with E-state index in [2.05, 4.69) is 114 Å². The Morgan fingerprint density at radius 2 is 1.27 bits per heavy atom. The molecule has 9 rings (SSSR count). The Hall–Kier alpha value is -6.57. The summed E-state index contributed by atoms with van der Waals surface area (Å²) in [4.78, 5) is 38.9. The molecule has 5 heterocycles. The van der Waals surface area contributed by atoms with Crippen LogP contribution in [0, 0.1) is 27.8 Å². The van der Waals surface area contributed by atoms with E-state index in [-0.39, 0.29) is 12.2 Å². The summed E-state index contributed by atoms with van der Waals surface area (Å²) in [5.41, 5.74) is 13.7. The molecule has 0 N–H and O–H groups in total. The van der Waals surface area contributed by atoms with Crippen LogP contribution in [0.3, 0.4) is 0 Å². The van der Waals surface area contributed by atoms with Gasteiger partial charge >= 0.3 is 11.6 Å². The van der Waals surface area contributed by atoms with E-state index in [1.54, 1.807) is 12.1 Å². The smallest absolute Gasteiger partial charge is 0.351 e. The average Bonchev–Trinajstić information content (AvgIpc) is 3.41. The molecule has 0 spiro atoms. The Morgan fingerprint density at radius 3 is 1.90 bits per heavy atom. The van der Waals surface area contributed by atoms with E-state index in [4.69, 9.17) is 35.0 Å². The number of halogens is 1. The fourth-order valence-corrected chi connectivity index (χ4v) is 10.6. The summed E-state index contributed by atoms with van der Waals surface area (Å²) in [5, 5.41) is 0.746. The molecule has 0 fully saturated rings. The second kappa shape index (κ2) is 24.9. The molecule has 0 unspecified atom stereocenters. The van der Waals surface area contributed by atoms with Crippen molar-refractivity contribution in [1.82, 2.24) is 9.97 Å². The fraction of sp³-hybridized carbons (Fsp3) is 0.333. The van der Waals surface area contributed by atoms with E-state index >= 15 is 0 Å². The fourth-order valence-electron chi connectivity index (χ4n) is 9.88. The molecule has 7 aromatic rings. The number of anilines is 1. The lowest BCUT2D eigenvalue weighted by Crippen LogP contribution is -2.34. The topological polar surface area (TPSA) is 104 Å². The Morgan fingerprint density at radius 1 is 0.671 bits per heavy atom. The highest BCUT2D eigenvalue weighted by Crippen LogP contribution is 2.40. The van der Waals surface area contributed by atoms with Crippen molar-refractivity contribution in [1.29, 1.82) is 0 Å². The van der Waals surface area contributed by atoms with Gasteiger partial charge in [0.25, 0.3) is 0 Å². The van der Waals surface area contributed by atoms with Crippen molar-refractivity contribution >= 4 is 45.2 Å². The van der Waals surface area contributed by atoms with E-state index < -0.39 is 11.6 Å². The first-order valence-electron chi connectivity index (χ1n) is 25.9. The number of carbonyl (C=O) groups is 1. The molecule has 0 atom stereocenters. The van der Waals surface area contributed by atoms with Gasteiger partial charge in [-0.05, 0) is 173 Å². The minimum atomic E-state index is -0.752. The molecule has 372 valence electrons.